The molecule has 28 heavy (non-hydrogen) atoms. The van der Waals surface area contributed by atoms with Gasteiger partial charge in [-0.05, 0) is 0 Å². The average Bonchev–Trinajstić information content (AvgIpc) is 3.10. The summed E-state index contributed by atoms with van der Waals surface area (Å²) < 4.78 is 1.62. The second-order valence-electron chi connectivity index (χ2n) is 8.62. The van der Waals surface area contributed by atoms with Crippen LogP contribution in [0, 0.1) is 5.41 Å². The molecule has 0 fully saturated rings. The van der Waals surface area contributed by atoms with E-state index in [1.54, 1.807) is 44.3 Å². The zero-order chi connectivity index (χ0) is 18.6. The summed E-state index contributed by atoms with van der Waals surface area (Å²) in [6.07, 6.45) is 2.55. The van der Waals surface area contributed by atoms with Crippen molar-refractivity contribution in [1.82, 2.24) is 0 Å². The summed E-state index contributed by atoms with van der Waals surface area (Å²) in [5.41, 5.74) is 9.15. The zero-order valence-electron chi connectivity index (χ0n) is 17.0. The summed E-state index contributed by atoms with van der Waals surface area (Å²) in [6.45, 7) is 12.0. The van der Waals surface area contributed by atoms with Crippen LogP contribution in [0.2, 0.25) is 13.1 Å². The second-order valence-corrected chi connectivity index (χ2v) is 12.4. The number of allylic oxidation sites excluding steroid dienone is 4. The van der Waals surface area contributed by atoms with Crippen molar-refractivity contribution in [2.24, 2.45) is 5.41 Å². The molecule has 0 heterocycles. The third-order valence-electron chi connectivity index (χ3n) is 5.59. The van der Waals surface area contributed by atoms with E-state index >= 15 is 0 Å². The van der Waals surface area contributed by atoms with Gasteiger partial charge in [0, 0.05) is 0 Å². The van der Waals surface area contributed by atoms with Gasteiger partial charge in [-0.1, -0.05) is 0 Å². The van der Waals surface area contributed by atoms with Crippen molar-refractivity contribution in [1.29, 1.82) is 0 Å². The van der Waals surface area contributed by atoms with Gasteiger partial charge in [-0.25, -0.2) is 0 Å². The zero-order valence-corrected chi connectivity index (χ0v) is 22.0. The summed E-state index contributed by atoms with van der Waals surface area (Å²) in [5.74, 6) is 0.390. The molecule has 0 saturated heterocycles. The molecule has 0 N–H and O–H groups in total. The first-order valence-electron chi connectivity index (χ1n) is 9.35. The van der Waals surface area contributed by atoms with E-state index in [0.717, 1.165) is 0 Å². The van der Waals surface area contributed by atoms with Crippen LogP contribution in [0.3, 0.4) is 0 Å². The Morgan fingerprint density at radius 2 is 1.29 bits per heavy atom. The second kappa shape index (κ2) is 8.68. The molecule has 0 nitrogen and oxygen atoms in total. The van der Waals surface area contributed by atoms with Gasteiger partial charge in [-0.3, -0.25) is 0 Å². The van der Waals surface area contributed by atoms with Crippen molar-refractivity contribution in [3.8, 4) is 11.1 Å². The van der Waals surface area contributed by atoms with Crippen LogP contribution in [0.5, 0.6) is 0 Å². The monoisotopic (exact) mass is 501 g/mol. The smallest absolute Gasteiger partial charge is 1.00 e. The van der Waals surface area contributed by atoms with Crippen molar-refractivity contribution in [2.75, 3.05) is 0 Å². The molecule has 4 rings (SSSR count). The molecule has 2 aliphatic rings. The third kappa shape index (κ3) is 3.79. The van der Waals surface area contributed by atoms with Gasteiger partial charge in [0.15, 0.2) is 0 Å². The SMILES string of the molecule is C[Si](C)=C1C=C(C(C)(C)C)C(C2c3ccccc3-c3ccccc32)=[C]1[Zr+2].[Cl-].[Cl-]. The number of hydrogen-bond acceptors (Lipinski definition) is 0. The number of benzene rings is 2. The minimum Gasteiger partial charge on any atom is -1.00 e. The normalized spacial score (nSPS) is 15.5. The Morgan fingerprint density at radius 1 is 0.821 bits per heavy atom. The maximum absolute atomic E-state index is 2.55. The van der Waals surface area contributed by atoms with Crippen LogP contribution in [-0.2, 0) is 24.7 Å². The Kier molecular flexibility index (Phi) is 7.36. The van der Waals surface area contributed by atoms with Gasteiger partial charge in [0.1, 0.15) is 0 Å². The van der Waals surface area contributed by atoms with E-state index in [1.807, 2.05) is 0 Å². The van der Waals surface area contributed by atoms with E-state index in [1.165, 1.54) is 22.3 Å². The van der Waals surface area contributed by atoms with Gasteiger partial charge >= 0.3 is 175 Å². The Bertz CT molecular complexity index is 960. The van der Waals surface area contributed by atoms with Crippen molar-refractivity contribution in [3.05, 3.63) is 80.2 Å². The summed E-state index contributed by atoms with van der Waals surface area (Å²) in [5, 5.41) is 1.65. The average molecular weight is 504 g/mol. The summed E-state index contributed by atoms with van der Waals surface area (Å²) in [4.78, 5) is 0. The number of fused-ring (bicyclic) bond motifs is 3. The summed E-state index contributed by atoms with van der Waals surface area (Å²) in [6, 6.07) is 18.1. The molecule has 0 bridgehead atoms. The van der Waals surface area contributed by atoms with Crippen molar-refractivity contribution < 1.29 is 49.5 Å². The van der Waals surface area contributed by atoms with Gasteiger partial charge in [0.05, 0.1) is 0 Å². The molecule has 0 unspecified atom stereocenters. The predicted octanol–water partition coefficient (Wildman–Crippen LogP) is 0.102. The van der Waals surface area contributed by atoms with Crippen LogP contribution in [0.15, 0.2) is 69.0 Å². The Labute approximate surface area is 198 Å². The quantitative estimate of drug-likeness (QED) is 0.485. The fourth-order valence-corrected chi connectivity index (χ4v) is 8.13. The van der Waals surface area contributed by atoms with Crippen LogP contribution < -0.4 is 24.8 Å². The van der Waals surface area contributed by atoms with Gasteiger partial charge in [0.25, 0.3) is 0 Å². The van der Waals surface area contributed by atoms with E-state index < -0.39 is 8.41 Å². The fourth-order valence-electron chi connectivity index (χ4n) is 4.36. The Hall–Kier alpha value is -0.530. The first-order valence-corrected chi connectivity index (χ1v) is 13.1. The summed E-state index contributed by atoms with van der Waals surface area (Å²) >= 11 is 1.56. The molecule has 0 radical (unpaired) electrons. The van der Waals surface area contributed by atoms with Crippen molar-refractivity contribution in [3.63, 3.8) is 0 Å². The van der Waals surface area contributed by atoms with Crippen LogP contribution in [0.1, 0.15) is 37.8 Å². The minimum absolute atomic E-state index is 0. The number of hydrogen-bond donors (Lipinski definition) is 0. The van der Waals surface area contributed by atoms with Crippen LogP contribution in [0.25, 0.3) is 11.1 Å². The molecular formula is C24H25Cl2SiZr. The largest absolute Gasteiger partial charge is 1.00 e. The molecule has 0 amide bonds. The Balaban J connectivity index is 0.00000140. The maximum Gasteiger partial charge on any atom is -1.00 e. The predicted molar refractivity (Wildman–Crippen MR) is 111 cm³/mol. The van der Waals surface area contributed by atoms with Crippen LogP contribution in [-0.4, -0.2) is 13.6 Å². The molecule has 0 aromatic heterocycles. The van der Waals surface area contributed by atoms with E-state index in [4.69, 9.17) is 0 Å². The molecule has 0 atom stereocenters. The topological polar surface area (TPSA) is 0 Å². The molecule has 4 heteroatoms. The molecular weight excluding hydrogens is 478 g/mol. The van der Waals surface area contributed by atoms with Gasteiger partial charge in [-0.2, -0.15) is 0 Å². The van der Waals surface area contributed by atoms with E-state index in [0.29, 0.717) is 5.92 Å². The molecule has 143 valence electrons. The van der Waals surface area contributed by atoms with Crippen molar-refractivity contribution in [2.45, 2.75) is 39.8 Å². The molecule has 0 spiro atoms. The minimum atomic E-state index is -0.463. The van der Waals surface area contributed by atoms with Gasteiger partial charge in [-0.15, -0.1) is 0 Å². The van der Waals surface area contributed by atoms with Gasteiger partial charge < -0.3 is 24.8 Å². The maximum atomic E-state index is 2.55. The molecule has 2 aliphatic carbocycles. The number of halogens is 2. The fraction of sp³-hybridized carbons (Fsp3) is 0.292. The van der Waals surface area contributed by atoms with E-state index in [-0.39, 0.29) is 30.2 Å². The molecule has 2 aromatic carbocycles. The standard InChI is InChI=1S/C24H25Si.2ClH.Zr/c1-24(2,3)22-15-16(25(4)5)14-21(22)23-19-12-8-6-10-17(19)18-11-7-9-13-20(18)23;;;/h6-13,15,23H,1-5H3;2*1H;/q;;;+2/p-2. The molecule has 2 aromatic rings. The van der Waals surface area contributed by atoms with Gasteiger partial charge in [0.2, 0.25) is 0 Å². The molecule has 0 saturated carbocycles. The first-order chi connectivity index (χ1) is 12.3. The third-order valence-corrected chi connectivity index (χ3v) is 9.00. The van der Waals surface area contributed by atoms with Crippen LogP contribution in [0.4, 0.5) is 0 Å². The first kappa shape index (κ1) is 23.7. The van der Waals surface area contributed by atoms with E-state index in [2.05, 4.69) is 88.5 Å². The summed E-state index contributed by atoms with van der Waals surface area (Å²) in [7, 11) is -0.463. The van der Waals surface area contributed by atoms with E-state index in [9.17, 15) is 0 Å². The van der Waals surface area contributed by atoms with Crippen molar-refractivity contribution >= 4 is 13.6 Å². The number of rotatable bonds is 1. The molecule has 0 aliphatic heterocycles. The van der Waals surface area contributed by atoms with Crippen LogP contribution >= 0.6 is 0 Å². The Morgan fingerprint density at radius 3 is 1.71 bits per heavy atom.